The number of carbonyl (C=O) groups excluding carboxylic acids is 3. The first-order valence-electron chi connectivity index (χ1n) is 12.3. The second-order valence-electron chi connectivity index (χ2n) is 10.8. The molecule has 0 heterocycles. The molecule has 0 N–H and O–H groups in total. The SMILES string of the molecule is C=CC(Cc1ccccc1)C(=O)N(Cc1ccc(OC)cc1)C(C(=O)OC(C)(C)C)C(=O)OC(C)(C)C. The van der Waals surface area contributed by atoms with Crippen molar-refractivity contribution in [2.75, 3.05) is 7.11 Å². The number of carbonyl (C=O) groups is 3. The van der Waals surface area contributed by atoms with Crippen molar-refractivity contribution in [2.45, 2.75) is 71.8 Å². The lowest BCUT2D eigenvalue weighted by Gasteiger charge is -2.34. The smallest absolute Gasteiger partial charge is 0.341 e. The summed E-state index contributed by atoms with van der Waals surface area (Å²) in [5.74, 6) is -2.19. The van der Waals surface area contributed by atoms with Gasteiger partial charge in [-0.05, 0) is 71.2 Å². The maximum absolute atomic E-state index is 14.0. The van der Waals surface area contributed by atoms with Gasteiger partial charge in [-0.2, -0.15) is 0 Å². The summed E-state index contributed by atoms with van der Waals surface area (Å²) in [6.07, 6.45) is 1.90. The third-order valence-corrected chi connectivity index (χ3v) is 5.27. The predicted molar refractivity (Wildman–Crippen MR) is 143 cm³/mol. The molecule has 1 unspecified atom stereocenters. The largest absolute Gasteiger partial charge is 0.497 e. The molecule has 200 valence electrons. The zero-order chi connectivity index (χ0) is 27.8. The lowest BCUT2D eigenvalue weighted by Crippen LogP contribution is -2.54. The van der Waals surface area contributed by atoms with Crippen molar-refractivity contribution in [2.24, 2.45) is 5.92 Å². The number of benzene rings is 2. The molecule has 0 aliphatic carbocycles. The number of esters is 2. The van der Waals surface area contributed by atoms with Gasteiger partial charge < -0.3 is 19.1 Å². The van der Waals surface area contributed by atoms with Crippen LogP contribution in [0.3, 0.4) is 0 Å². The number of methoxy groups -OCH3 is 1. The van der Waals surface area contributed by atoms with E-state index in [9.17, 15) is 14.4 Å². The Morgan fingerprint density at radius 3 is 1.78 bits per heavy atom. The first kappa shape index (κ1) is 29.6. The number of ether oxygens (including phenoxy) is 3. The number of rotatable bonds is 10. The van der Waals surface area contributed by atoms with E-state index in [0.29, 0.717) is 17.7 Å². The molecule has 0 aliphatic heterocycles. The van der Waals surface area contributed by atoms with E-state index in [-0.39, 0.29) is 6.54 Å². The Morgan fingerprint density at radius 2 is 1.35 bits per heavy atom. The van der Waals surface area contributed by atoms with E-state index in [4.69, 9.17) is 14.2 Å². The lowest BCUT2D eigenvalue weighted by atomic mass is 9.96. The van der Waals surface area contributed by atoms with E-state index in [1.54, 1.807) is 72.9 Å². The normalized spacial score (nSPS) is 12.4. The summed E-state index contributed by atoms with van der Waals surface area (Å²) in [5, 5.41) is 0. The molecular formula is C30H39NO6. The van der Waals surface area contributed by atoms with Crippen molar-refractivity contribution in [1.29, 1.82) is 0 Å². The van der Waals surface area contributed by atoms with E-state index in [2.05, 4.69) is 6.58 Å². The second-order valence-corrected chi connectivity index (χ2v) is 10.8. The number of hydrogen-bond acceptors (Lipinski definition) is 6. The van der Waals surface area contributed by atoms with Gasteiger partial charge in [-0.3, -0.25) is 4.79 Å². The predicted octanol–water partition coefficient (Wildman–Crippen LogP) is 5.12. The molecule has 0 saturated carbocycles. The van der Waals surface area contributed by atoms with E-state index in [1.165, 1.54) is 11.0 Å². The first-order valence-corrected chi connectivity index (χ1v) is 12.3. The summed E-state index contributed by atoms with van der Waals surface area (Å²) in [6, 6.07) is 15.0. The van der Waals surface area contributed by atoms with Crippen LogP contribution in [-0.4, -0.2) is 47.1 Å². The van der Waals surface area contributed by atoms with Crippen LogP contribution in [0.4, 0.5) is 0 Å². The van der Waals surface area contributed by atoms with Crippen LogP contribution in [-0.2, 0) is 36.8 Å². The standard InChI is InChI=1S/C30H39NO6/c1-9-23(19-21-13-11-10-12-14-21)26(32)31(20-22-15-17-24(35-8)18-16-22)25(27(33)36-29(2,3)4)28(34)37-30(5,6)7/h9-18,23,25H,1,19-20H2,2-8H3. The fourth-order valence-corrected chi connectivity index (χ4v) is 3.64. The molecule has 2 aromatic carbocycles. The highest BCUT2D eigenvalue weighted by molar-refractivity contribution is 6.03. The molecule has 7 heteroatoms. The molecule has 7 nitrogen and oxygen atoms in total. The quantitative estimate of drug-likeness (QED) is 0.251. The highest BCUT2D eigenvalue weighted by Gasteiger charge is 2.43. The summed E-state index contributed by atoms with van der Waals surface area (Å²) in [7, 11) is 1.56. The maximum Gasteiger partial charge on any atom is 0.341 e. The van der Waals surface area contributed by atoms with Gasteiger partial charge >= 0.3 is 11.9 Å². The van der Waals surface area contributed by atoms with Crippen molar-refractivity contribution in [3.8, 4) is 5.75 Å². The first-order chi connectivity index (χ1) is 17.2. The Bertz CT molecular complexity index is 1040. The zero-order valence-corrected chi connectivity index (χ0v) is 22.9. The third kappa shape index (κ3) is 9.41. The van der Waals surface area contributed by atoms with Gasteiger partial charge in [0.05, 0.1) is 13.0 Å². The Balaban J connectivity index is 2.56. The third-order valence-electron chi connectivity index (χ3n) is 5.27. The van der Waals surface area contributed by atoms with Crippen LogP contribution < -0.4 is 4.74 Å². The van der Waals surface area contributed by atoms with E-state index < -0.39 is 41.0 Å². The van der Waals surface area contributed by atoms with Crippen molar-refractivity contribution >= 4 is 17.8 Å². The van der Waals surface area contributed by atoms with Gasteiger partial charge in [0.2, 0.25) is 11.9 Å². The van der Waals surface area contributed by atoms with Gasteiger partial charge in [-0.15, -0.1) is 6.58 Å². The number of hydrogen-bond donors (Lipinski definition) is 0. The second kappa shape index (κ2) is 12.6. The Morgan fingerprint density at radius 1 is 0.838 bits per heavy atom. The van der Waals surface area contributed by atoms with Crippen LogP contribution in [0.5, 0.6) is 5.75 Å². The van der Waals surface area contributed by atoms with Crippen molar-refractivity contribution in [3.63, 3.8) is 0 Å². The molecular weight excluding hydrogens is 470 g/mol. The molecule has 0 saturated heterocycles. The van der Waals surface area contributed by atoms with Crippen LogP contribution in [0.15, 0.2) is 67.3 Å². The average Bonchev–Trinajstić information content (AvgIpc) is 2.80. The fraction of sp³-hybridized carbons (Fsp3) is 0.433. The van der Waals surface area contributed by atoms with Gasteiger partial charge in [0, 0.05) is 6.54 Å². The van der Waals surface area contributed by atoms with Crippen LogP contribution in [0.25, 0.3) is 0 Å². The number of nitrogens with zero attached hydrogens (tertiary/aromatic N) is 1. The Hall–Kier alpha value is -3.61. The molecule has 1 atom stereocenters. The molecule has 2 aromatic rings. The zero-order valence-electron chi connectivity index (χ0n) is 22.9. The Labute approximate surface area is 220 Å². The molecule has 0 spiro atoms. The Kier molecular flexibility index (Phi) is 10.1. The monoisotopic (exact) mass is 509 g/mol. The van der Waals surface area contributed by atoms with Crippen LogP contribution in [0, 0.1) is 5.92 Å². The minimum atomic E-state index is -1.61. The van der Waals surface area contributed by atoms with Crippen molar-refractivity contribution in [3.05, 3.63) is 78.4 Å². The van der Waals surface area contributed by atoms with Crippen LogP contribution in [0.2, 0.25) is 0 Å². The highest BCUT2D eigenvalue weighted by atomic mass is 16.6. The molecule has 1 amide bonds. The number of amides is 1. The van der Waals surface area contributed by atoms with E-state index in [0.717, 1.165) is 5.56 Å². The molecule has 0 bridgehead atoms. The van der Waals surface area contributed by atoms with Gasteiger partial charge in [-0.25, -0.2) is 9.59 Å². The summed E-state index contributed by atoms with van der Waals surface area (Å²) in [5.41, 5.74) is -0.132. The molecule has 0 aromatic heterocycles. The van der Waals surface area contributed by atoms with Crippen LogP contribution >= 0.6 is 0 Å². The molecule has 0 radical (unpaired) electrons. The van der Waals surface area contributed by atoms with Crippen molar-refractivity contribution < 1.29 is 28.6 Å². The van der Waals surface area contributed by atoms with Gasteiger partial charge in [0.1, 0.15) is 17.0 Å². The summed E-state index contributed by atoms with van der Waals surface area (Å²) in [6.45, 7) is 14.1. The van der Waals surface area contributed by atoms with Gasteiger partial charge in [0.15, 0.2) is 0 Å². The van der Waals surface area contributed by atoms with E-state index >= 15 is 0 Å². The maximum atomic E-state index is 14.0. The topological polar surface area (TPSA) is 82.1 Å². The summed E-state index contributed by atoms with van der Waals surface area (Å²) >= 11 is 0. The molecule has 37 heavy (non-hydrogen) atoms. The lowest BCUT2D eigenvalue weighted by molar-refractivity contribution is -0.180. The van der Waals surface area contributed by atoms with Crippen molar-refractivity contribution in [1.82, 2.24) is 4.90 Å². The van der Waals surface area contributed by atoms with E-state index in [1.807, 2.05) is 30.3 Å². The van der Waals surface area contributed by atoms with Gasteiger partial charge in [0.25, 0.3) is 0 Å². The average molecular weight is 510 g/mol. The summed E-state index contributed by atoms with van der Waals surface area (Å²) < 4.78 is 16.4. The highest BCUT2D eigenvalue weighted by Crippen LogP contribution is 2.23. The minimum Gasteiger partial charge on any atom is -0.497 e. The fourth-order valence-electron chi connectivity index (χ4n) is 3.64. The minimum absolute atomic E-state index is 0.0227. The van der Waals surface area contributed by atoms with Crippen LogP contribution in [0.1, 0.15) is 52.7 Å². The molecule has 2 rings (SSSR count). The summed E-state index contributed by atoms with van der Waals surface area (Å²) in [4.78, 5) is 42.1. The van der Waals surface area contributed by atoms with Gasteiger partial charge in [-0.1, -0.05) is 48.5 Å². The molecule has 0 fully saturated rings. The molecule has 0 aliphatic rings.